The minimum Gasteiger partial charge on any atom is -0.389 e. The van der Waals surface area contributed by atoms with Gasteiger partial charge in [-0.05, 0) is 12.1 Å². The first-order chi connectivity index (χ1) is 7.63. The molecule has 6 heteroatoms. The van der Waals surface area contributed by atoms with Crippen LogP contribution in [0.15, 0.2) is 18.3 Å². The molecule has 0 saturated carbocycles. The summed E-state index contributed by atoms with van der Waals surface area (Å²) in [6, 6.07) is 3.09. The van der Waals surface area contributed by atoms with Gasteiger partial charge in [0, 0.05) is 19.9 Å². The van der Waals surface area contributed by atoms with E-state index in [4.69, 9.17) is 16.3 Å². The van der Waals surface area contributed by atoms with E-state index in [2.05, 4.69) is 10.3 Å². The number of aromatic nitrogens is 1. The average molecular weight is 245 g/mol. The van der Waals surface area contributed by atoms with E-state index < -0.39 is 6.10 Å². The van der Waals surface area contributed by atoms with Crippen LogP contribution in [0.2, 0.25) is 5.15 Å². The molecule has 0 aliphatic carbocycles. The van der Waals surface area contributed by atoms with Crippen molar-refractivity contribution < 1.29 is 14.6 Å². The summed E-state index contributed by atoms with van der Waals surface area (Å²) in [5.74, 6) is -0.306. The molecule has 1 rings (SSSR count). The smallest absolute Gasteiger partial charge is 0.252 e. The Bertz CT molecular complexity index is 342. The van der Waals surface area contributed by atoms with E-state index in [1.807, 2.05) is 0 Å². The summed E-state index contributed by atoms with van der Waals surface area (Å²) in [6.07, 6.45) is 0.662. The summed E-state index contributed by atoms with van der Waals surface area (Å²) in [5.41, 5.74) is 0.397. The van der Waals surface area contributed by atoms with Crippen molar-refractivity contribution in [2.45, 2.75) is 6.10 Å². The van der Waals surface area contributed by atoms with Gasteiger partial charge in [-0.25, -0.2) is 4.98 Å². The monoisotopic (exact) mass is 244 g/mol. The molecule has 1 unspecified atom stereocenters. The molecule has 1 heterocycles. The van der Waals surface area contributed by atoms with Gasteiger partial charge in [-0.2, -0.15) is 0 Å². The molecule has 1 atom stereocenters. The maximum atomic E-state index is 11.5. The van der Waals surface area contributed by atoms with E-state index in [0.29, 0.717) is 10.7 Å². The zero-order valence-corrected chi connectivity index (χ0v) is 9.57. The second-order valence-electron chi connectivity index (χ2n) is 3.19. The second kappa shape index (κ2) is 6.42. The zero-order chi connectivity index (χ0) is 12.0. The number of halogens is 1. The molecule has 0 bridgehead atoms. The lowest BCUT2D eigenvalue weighted by Crippen LogP contribution is -2.34. The van der Waals surface area contributed by atoms with Crippen LogP contribution in [0.1, 0.15) is 10.4 Å². The van der Waals surface area contributed by atoms with Crippen LogP contribution in [0, 0.1) is 0 Å². The molecular formula is C10H13ClN2O3. The fourth-order valence-electron chi connectivity index (χ4n) is 1.07. The molecule has 0 aromatic carbocycles. The van der Waals surface area contributed by atoms with Crippen LogP contribution in [-0.2, 0) is 4.74 Å². The predicted molar refractivity (Wildman–Crippen MR) is 59.5 cm³/mol. The van der Waals surface area contributed by atoms with Gasteiger partial charge in [-0.15, -0.1) is 0 Å². The van der Waals surface area contributed by atoms with E-state index in [0.717, 1.165) is 0 Å². The summed E-state index contributed by atoms with van der Waals surface area (Å²) in [6.45, 7) is 0.314. The number of nitrogens with one attached hydrogen (secondary N) is 1. The molecule has 0 saturated heterocycles. The highest BCUT2D eigenvalue weighted by atomic mass is 35.5. The van der Waals surface area contributed by atoms with Gasteiger partial charge >= 0.3 is 0 Å². The quantitative estimate of drug-likeness (QED) is 0.739. The molecule has 0 aliphatic rings. The minimum atomic E-state index is -0.714. The molecule has 1 aromatic heterocycles. The van der Waals surface area contributed by atoms with Crippen molar-refractivity contribution in [2.24, 2.45) is 0 Å². The number of nitrogens with zero attached hydrogens (tertiary/aromatic N) is 1. The number of hydrogen-bond acceptors (Lipinski definition) is 4. The number of methoxy groups -OCH3 is 1. The normalized spacial score (nSPS) is 12.2. The molecule has 88 valence electrons. The highest BCUT2D eigenvalue weighted by Gasteiger charge is 2.08. The highest BCUT2D eigenvalue weighted by molar-refractivity contribution is 6.29. The number of pyridine rings is 1. The number of aliphatic hydroxyl groups is 1. The Kier molecular flexibility index (Phi) is 5.18. The molecule has 1 amide bonds. The van der Waals surface area contributed by atoms with Gasteiger partial charge in [0.25, 0.3) is 5.91 Å². The van der Waals surface area contributed by atoms with E-state index in [1.165, 1.54) is 19.4 Å². The first-order valence-corrected chi connectivity index (χ1v) is 5.08. The SMILES string of the molecule is COCC(O)CNC(=O)c1ccc(Cl)nc1. The summed E-state index contributed by atoms with van der Waals surface area (Å²) in [7, 11) is 1.48. The largest absolute Gasteiger partial charge is 0.389 e. The van der Waals surface area contributed by atoms with E-state index in [9.17, 15) is 9.90 Å². The third-order valence-electron chi connectivity index (χ3n) is 1.85. The van der Waals surface area contributed by atoms with Crippen molar-refractivity contribution in [3.8, 4) is 0 Å². The van der Waals surface area contributed by atoms with Crippen LogP contribution in [0.5, 0.6) is 0 Å². The number of amides is 1. The van der Waals surface area contributed by atoms with E-state index in [1.54, 1.807) is 6.07 Å². The molecule has 0 radical (unpaired) electrons. The topological polar surface area (TPSA) is 71.5 Å². The number of aliphatic hydroxyl groups excluding tert-OH is 1. The van der Waals surface area contributed by atoms with Crippen LogP contribution >= 0.6 is 11.6 Å². The van der Waals surface area contributed by atoms with E-state index in [-0.39, 0.29) is 19.1 Å². The number of carbonyl (C=O) groups is 1. The zero-order valence-electron chi connectivity index (χ0n) is 8.81. The van der Waals surface area contributed by atoms with Crippen molar-refractivity contribution in [3.63, 3.8) is 0 Å². The Morgan fingerprint density at radius 2 is 2.44 bits per heavy atom. The van der Waals surface area contributed by atoms with Gasteiger partial charge in [0.2, 0.25) is 0 Å². The third-order valence-corrected chi connectivity index (χ3v) is 2.07. The second-order valence-corrected chi connectivity index (χ2v) is 3.58. The Hall–Kier alpha value is -1.17. The Morgan fingerprint density at radius 1 is 1.69 bits per heavy atom. The maximum absolute atomic E-state index is 11.5. The Morgan fingerprint density at radius 3 is 3.00 bits per heavy atom. The number of carbonyl (C=O) groups excluding carboxylic acids is 1. The molecule has 0 fully saturated rings. The van der Waals surface area contributed by atoms with Crippen molar-refractivity contribution in [3.05, 3.63) is 29.0 Å². The summed E-state index contributed by atoms with van der Waals surface area (Å²) < 4.78 is 4.73. The molecule has 0 aliphatic heterocycles. The van der Waals surface area contributed by atoms with Crippen LogP contribution in [-0.4, -0.2) is 42.4 Å². The predicted octanol–water partition coefficient (Wildman–Crippen LogP) is 0.472. The van der Waals surface area contributed by atoms with Crippen molar-refractivity contribution >= 4 is 17.5 Å². The van der Waals surface area contributed by atoms with Gasteiger partial charge in [-0.3, -0.25) is 4.79 Å². The van der Waals surface area contributed by atoms with Crippen molar-refractivity contribution in [2.75, 3.05) is 20.3 Å². The van der Waals surface area contributed by atoms with Crippen LogP contribution < -0.4 is 5.32 Å². The van der Waals surface area contributed by atoms with Crippen LogP contribution in [0.4, 0.5) is 0 Å². The average Bonchev–Trinajstić information content (AvgIpc) is 2.27. The number of hydrogen-bond donors (Lipinski definition) is 2. The van der Waals surface area contributed by atoms with Gasteiger partial charge in [0.1, 0.15) is 5.15 Å². The Labute approximate surface area is 98.4 Å². The lowest BCUT2D eigenvalue weighted by Gasteiger charge is -2.10. The van der Waals surface area contributed by atoms with Gasteiger partial charge in [-0.1, -0.05) is 11.6 Å². The summed E-state index contributed by atoms with van der Waals surface area (Å²) in [4.78, 5) is 15.3. The molecule has 0 spiro atoms. The lowest BCUT2D eigenvalue weighted by atomic mass is 10.2. The molecular weight excluding hydrogens is 232 g/mol. The number of rotatable bonds is 5. The maximum Gasteiger partial charge on any atom is 0.252 e. The van der Waals surface area contributed by atoms with Gasteiger partial charge in [0.05, 0.1) is 18.3 Å². The Balaban J connectivity index is 2.43. The fraction of sp³-hybridized carbons (Fsp3) is 0.400. The molecule has 16 heavy (non-hydrogen) atoms. The van der Waals surface area contributed by atoms with Crippen LogP contribution in [0.25, 0.3) is 0 Å². The minimum absolute atomic E-state index is 0.134. The third kappa shape index (κ3) is 4.14. The van der Waals surface area contributed by atoms with E-state index >= 15 is 0 Å². The first-order valence-electron chi connectivity index (χ1n) is 4.70. The van der Waals surface area contributed by atoms with Gasteiger partial charge < -0.3 is 15.2 Å². The number of ether oxygens (including phenoxy) is 1. The molecule has 5 nitrogen and oxygen atoms in total. The standard InChI is InChI=1S/C10H13ClN2O3/c1-16-6-8(14)5-13-10(15)7-2-3-9(11)12-4-7/h2-4,8,14H,5-6H2,1H3,(H,13,15). The van der Waals surface area contributed by atoms with Gasteiger partial charge in [0.15, 0.2) is 0 Å². The first kappa shape index (κ1) is 12.9. The summed E-state index contributed by atoms with van der Waals surface area (Å²) >= 11 is 5.59. The molecule has 1 aromatic rings. The van der Waals surface area contributed by atoms with Crippen molar-refractivity contribution in [1.82, 2.24) is 10.3 Å². The fourth-order valence-corrected chi connectivity index (χ4v) is 1.19. The summed E-state index contributed by atoms with van der Waals surface area (Å²) in [5, 5.41) is 12.2. The lowest BCUT2D eigenvalue weighted by molar-refractivity contribution is 0.0609. The highest BCUT2D eigenvalue weighted by Crippen LogP contribution is 2.04. The van der Waals surface area contributed by atoms with Crippen LogP contribution in [0.3, 0.4) is 0 Å². The molecule has 2 N–H and O–H groups in total. The van der Waals surface area contributed by atoms with Crippen molar-refractivity contribution in [1.29, 1.82) is 0 Å².